The SMILES string of the molecule is CC[C@H](C(=O)NCC[C@H](O)C1CCOCC1)c1ccccc1. The molecule has 4 heteroatoms. The summed E-state index contributed by atoms with van der Waals surface area (Å²) in [4.78, 5) is 12.3. The second-order valence-electron chi connectivity index (χ2n) is 5.97. The standard InChI is InChI=1S/C18H27NO3/c1-2-16(14-6-4-3-5-7-14)18(21)19-11-8-17(20)15-9-12-22-13-10-15/h3-7,15-17,20H,2,8-13H2,1H3,(H,19,21)/t16-,17-/m0/s1. The van der Waals surface area contributed by atoms with Crippen molar-refractivity contribution in [2.75, 3.05) is 19.8 Å². The Morgan fingerprint density at radius 2 is 2.00 bits per heavy atom. The molecule has 1 saturated heterocycles. The Morgan fingerprint density at radius 1 is 1.32 bits per heavy atom. The van der Waals surface area contributed by atoms with E-state index in [9.17, 15) is 9.90 Å². The molecule has 2 atom stereocenters. The third-order valence-corrected chi connectivity index (χ3v) is 4.48. The fourth-order valence-corrected chi connectivity index (χ4v) is 3.06. The van der Waals surface area contributed by atoms with Crippen molar-refractivity contribution in [3.8, 4) is 0 Å². The number of carbonyl (C=O) groups excluding carboxylic acids is 1. The van der Waals surface area contributed by atoms with Crippen molar-refractivity contribution in [2.24, 2.45) is 5.92 Å². The van der Waals surface area contributed by atoms with E-state index in [1.807, 2.05) is 37.3 Å². The summed E-state index contributed by atoms with van der Waals surface area (Å²) in [6.45, 7) is 4.02. The van der Waals surface area contributed by atoms with Gasteiger partial charge in [0.05, 0.1) is 12.0 Å². The molecule has 1 heterocycles. The zero-order chi connectivity index (χ0) is 15.8. The number of nitrogens with one attached hydrogen (secondary N) is 1. The van der Waals surface area contributed by atoms with Gasteiger partial charge in [-0.2, -0.15) is 0 Å². The molecule has 1 aromatic carbocycles. The van der Waals surface area contributed by atoms with E-state index in [0.29, 0.717) is 18.9 Å². The van der Waals surface area contributed by atoms with Gasteiger partial charge in [-0.05, 0) is 37.2 Å². The number of carbonyl (C=O) groups is 1. The lowest BCUT2D eigenvalue weighted by Crippen LogP contribution is -2.34. The van der Waals surface area contributed by atoms with Crippen LogP contribution in [-0.4, -0.2) is 36.9 Å². The molecule has 0 spiro atoms. The van der Waals surface area contributed by atoms with E-state index in [-0.39, 0.29) is 17.9 Å². The number of rotatable bonds is 7. The predicted octanol–water partition coefficient (Wildman–Crippen LogP) is 2.47. The van der Waals surface area contributed by atoms with Gasteiger partial charge in [-0.1, -0.05) is 37.3 Å². The molecule has 1 aliphatic heterocycles. The van der Waals surface area contributed by atoms with Crippen LogP contribution in [0, 0.1) is 5.92 Å². The van der Waals surface area contributed by atoms with E-state index in [0.717, 1.165) is 38.0 Å². The number of aliphatic hydroxyl groups is 1. The number of hydrogen-bond acceptors (Lipinski definition) is 3. The normalized spacial score (nSPS) is 18.6. The first-order valence-electron chi connectivity index (χ1n) is 8.30. The molecule has 122 valence electrons. The van der Waals surface area contributed by atoms with E-state index in [2.05, 4.69) is 5.32 Å². The summed E-state index contributed by atoms with van der Waals surface area (Å²) < 4.78 is 5.31. The van der Waals surface area contributed by atoms with Gasteiger partial charge in [-0.15, -0.1) is 0 Å². The van der Waals surface area contributed by atoms with E-state index in [1.165, 1.54) is 0 Å². The van der Waals surface area contributed by atoms with Crippen molar-refractivity contribution in [3.63, 3.8) is 0 Å². The summed E-state index contributed by atoms with van der Waals surface area (Å²) >= 11 is 0. The van der Waals surface area contributed by atoms with Gasteiger partial charge < -0.3 is 15.2 Å². The van der Waals surface area contributed by atoms with Crippen molar-refractivity contribution >= 4 is 5.91 Å². The molecule has 0 unspecified atom stereocenters. The Labute approximate surface area is 132 Å². The van der Waals surface area contributed by atoms with Crippen LogP contribution >= 0.6 is 0 Å². The Balaban J connectivity index is 1.76. The zero-order valence-electron chi connectivity index (χ0n) is 13.3. The van der Waals surface area contributed by atoms with Gasteiger partial charge in [0, 0.05) is 19.8 Å². The Morgan fingerprint density at radius 3 is 2.64 bits per heavy atom. The van der Waals surface area contributed by atoms with Crippen LogP contribution in [0.5, 0.6) is 0 Å². The number of hydrogen-bond donors (Lipinski definition) is 2. The Hall–Kier alpha value is -1.39. The molecule has 1 aliphatic rings. The number of aliphatic hydroxyl groups excluding tert-OH is 1. The molecule has 4 nitrogen and oxygen atoms in total. The van der Waals surface area contributed by atoms with Crippen molar-refractivity contribution in [1.29, 1.82) is 0 Å². The zero-order valence-corrected chi connectivity index (χ0v) is 13.3. The van der Waals surface area contributed by atoms with E-state index < -0.39 is 0 Å². The molecule has 0 radical (unpaired) electrons. The van der Waals surface area contributed by atoms with Crippen molar-refractivity contribution in [1.82, 2.24) is 5.32 Å². The topological polar surface area (TPSA) is 58.6 Å². The summed E-state index contributed by atoms with van der Waals surface area (Å²) in [6, 6.07) is 9.86. The van der Waals surface area contributed by atoms with Gasteiger partial charge >= 0.3 is 0 Å². The number of ether oxygens (including phenoxy) is 1. The third-order valence-electron chi connectivity index (χ3n) is 4.48. The Bertz CT molecular complexity index is 443. The van der Waals surface area contributed by atoms with Crippen molar-refractivity contribution in [3.05, 3.63) is 35.9 Å². The maximum atomic E-state index is 12.3. The summed E-state index contributed by atoms with van der Waals surface area (Å²) in [5.74, 6) is 0.246. The van der Waals surface area contributed by atoms with Crippen LogP contribution in [0.3, 0.4) is 0 Å². The molecule has 0 aliphatic carbocycles. The largest absolute Gasteiger partial charge is 0.393 e. The first kappa shape index (κ1) is 17.0. The minimum absolute atomic E-state index is 0.0490. The van der Waals surface area contributed by atoms with Gasteiger partial charge in [0.2, 0.25) is 5.91 Å². The lowest BCUT2D eigenvalue weighted by molar-refractivity contribution is -0.122. The lowest BCUT2D eigenvalue weighted by atomic mass is 9.92. The van der Waals surface area contributed by atoms with Crippen LogP contribution in [0.25, 0.3) is 0 Å². The molecule has 2 rings (SSSR count). The summed E-state index contributed by atoms with van der Waals surface area (Å²) in [5.41, 5.74) is 1.05. The molecule has 0 saturated carbocycles. The third kappa shape index (κ3) is 4.82. The number of benzene rings is 1. The Kier molecular flexibility index (Phi) is 6.87. The molecular formula is C18H27NO3. The lowest BCUT2D eigenvalue weighted by Gasteiger charge is -2.27. The molecule has 1 aromatic rings. The minimum atomic E-state index is -0.346. The highest BCUT2D eigenvalue weighted by molar-refractivity contribution is 5.83. The average Bonchev–Trinajstić information content (AvgIpc) is 2.57. The summed E-state index contributed by atoms with van der Waals surface area (Å²) in [7, 11) is 0. The molecule has 1 fully saturated rings. The van der Waals surface area contributed by atoms with E-state index in [4.69, 9.17) is 4.74 Å². The maximum Gasteiger partial charge on any atom is 0.227 e. The van der Waals surface area contributed by atoms with Crippen molar-refractivity contribution in [2.45, 2.75) is 44.6 Å². The quantitative estimate of drug-likeness (QED) is 0.813. The molecule has 1 amide bonds. The van der Waals surface area contributed by atoms with Gasteiger partial charge in [0.1, 0.15) is 0 Å². The number of amides is 1. The highest BCUT2D eigenvalue weighted by atomic mass is 16.5. The van der Waals surface area contributed by atoms with Crippen LogP contribution < -0.4 is 5.32 Å². The fourth-order valence-electron chi connectivity index (χ4n) is 3.06. The van der Waals surface area contributed by atoms with Gasteiger partial charge in [0.15, 0.2) is 0 Å². The predicted molar refractivity (Wildman–Crippen MR) is 86.7 cm³/mol. The van der Waals surface area contributed by atoms with Crippen LogP contribution in [0.2, 0.25) is 0 Å². The molecular weight excluding hydrogens is 278 g/mol. The minimum Gasteiger partial charge on any atom is -0.393 e. The first-order valence-corrected chi connectivity index (χ1v) is 8.30. The second-order valence-corrected chi connectivity index (χ2v) is 5.97. The first-order chi connectivity index (χ1) is 10.7. The average molecular weight is 305 g/mol. The van der Waals surface area contributed by atoms with Crippen LogP contribution in [-0.2, 0) is 9.53 Å². The summed E-state index contributed by atoms with van der Waals surface area (Å²) in [5, 5.41) is 13.2. The highest BCUT2D eigenvalue weighted by Crippen LogP contribution is 2.21. The van der Waals surface area contributed by atoms with Crippen LogP contribution in [0.15, 0.2) is 30.3 Å². The molecule has 0 bridgehead atoms. The van der Waals surface area contributed by atoms with Crippen molar-refractivity contribution < 1.29 is 14.6 Å². The highest BCUT2D eigenvalue weighted by Gasteiger charge is 2.23. The van der Waals surface area contributed by atoms with Gasteiger partial charge in [-0.25, -0.2) is 0 Å². The fraction of sp³-hybridized carbons (Fsp3) is 0.611. The van der Waals surface area contributed by atoms with Crippen LogP contribution in [0.4, 0.5) is 0 Å². The molecule has 22 heavy (non-hydrogen) atoms. The molecule has 0 aromatic heterocycles. The van der Waals surface area contributed by atoms with E-state index in [1.54, 1.807) is 0 Å². The maximum absolute atomic E-state index is 12.3. The van der Waals surface area contributed by atoms with Gasteiger partial charge in [0.25, 0.3) is 0 Å². The monoisotopic (exact) mass is 305 g/mol. The summed E-state index contributed by atoms with van der Waals surface area (Å²) in [6.07, 6.45) is 2.87. The molecule has 2 N–H and O–H groups in total. The van der Waals surface area contributed by atoms with Gasteiger partial charge in [-0.3, -0.25) is 4.79 Å². The van der Waals surface area contributed by atoms with Crippen LogP contribution in [0.1, 0.15) is 44.1 Å². The smallest absolute Gasteiger partial charge is 0.227 e. The van der Waals surface area contributed by atoms with E-state index >= 15 is 0 Å². The second kappa shape index (κ2) is 8.91.